The molecule has 0 amide bonds. The highest BCUT2D eigenvalue weighted by Gasteiger charge is 2.30. The Balaban J connectivity index is 3.37. The van der Waals surface area contributed by atoms with E-state index in [2.05, 4.69) is 0 Å². The van der Waals surface area contributed by atoms with Crippen LogP contribution in [0.15, 0.2) is 18.2 Å². The highest BCUT2D eigenvalue weighted by molar-refractivity contribution is 7.62. The maximum Gasteiger partial charge on any atom is 0.361 e. The minimum absolute atomic E-state index is 0.106. The van der Waals surface area contributed by atoms with Crippen LogP contribution in [0.25, 0.3) is 0 Å². The van der Waals surface area contributed by atoms with Gasteiger partial charge in [-0.2, -0.15) is 0 Å². The third-order valence-corrected chi connectivity index (χ3v) is 5.45. The molecule has 158 valence electrons. The SMILES string of the molecule is CCCOC(=O)c1cc(C(=O)OCCC)cc(P(=O)(OCCC)OCCC)c1. The van der Waals surface area contributed by atoms with E-state index in [9.17, 15) is 14.2 Å². The fourth-order valence-electron chi connectivity index (χ4n) is 2.17. The van der Waals surface area contributed by atoms with Gasteiger partial charge in [-0.25, -0.2) is 9.59 Å². The summed E-state index contributed by atoms with van der Waals surface area (Å²) >= 11 is 0. The van der Waals surface area contributed by atoms with Gasteiger partial charge in [-0.05, 0) is 43.9 Å². The molecule has 0 saturated carbocycles. The van der Waals surface area contributed by atoms with Crippen molar-refractivity contribution in [3.8, 4) is 0 Å². The molecule has 0 bridgehead atoms. The maximum atomic E-state index is 13.4. The minimum Gasteiger partial charge on any atom is -0.462 e. The van der Waals surface area contributed by atoms with Crippen LogP contribution in [0.2, 0.25) is 0 Å². The highest BCUT2D eigenvalue weighted by atomic mass is 31.2. The molecule has 0 aromatic heterocycles. The summed E-state index contributed by atoms with van der Waals surface area (Å²) in [7, 11) is -3.71. The Morgan fingerprint density at radius 1 is 0.714 bits per heavy atom. The molecule has 1 aromatic rings. The van der Waals surface area contributed by atoms with Gasteiger partial charge in [0.1, 0.15) is 0 Å². The van der Waals surface area contributed by atoms with Crippen molar-refractivity contribution >= 4 is 24.8 Å². The number of benzene rings is 1. The molecule has 0 fully saturated rings. The lowest BCUT2D eigenvalue weighted by Crippen LogP contribution is -2.18. The zero-order chi connectivity index (χ0) is 21.0. The molecule has 7 nitrogen and oxygen atoms in total. The van der Waals surface area contributed by atoms with Gasteiger partial charge in [-0.1, -0.05) is 27.7 Å². The molecule has 0 saturated heterocycles. The molecule has 0 unspecified atom stereocenters. The summed E-state index contributed by atoms with van der Waals surface area (Å²) in [5.74, 6) is -1.21. The predicted molar refractivity (Wildman–Crippen MR) is 107 cm³/mol. The van der Waals surface area contributed by atoms with Crippen LogP contribution in [0.3, 0.4) is 0 Å². The van der Waals surface area contributed by atoms with Gasteiger partial charge >= 0.3 is 19.5 Å². The highest BCUT2D eigenvalue weighted by Crippen LogP contribution is 2.47. The lowest BCUT2D eigenvalue weighted by molar-refractivity contribution is 0.0503. The van der Waals surface area contributed by atoms with Crippen LogP contribution in [0.4, 0.5) is 0 Å². The van der Waals surface area contributed by atoms with Crippen molar-refractivity contribution in [2.24, 2.45) is 0 Å². The van der Waals surface area contributed by atoms with Gasteiger partial charge in [0.2, 0.25) is 0 Å². The quantitative estimate of drug-likeness (QED) is 0.347. The van der Waals surface area contributed by atoms with Crippen molar-refractivity contribution < 1.29 is 32.7 Å². The van der Waals surface area contributed by atoms with E-state index < -0.39 is 19.5 Å². The second-order valence-corrected chi connectivity index (χ2v) is 8.23. The van der Waals surface area contributed by atoms with Gasteiger partial charge in [-0.15, -0.1) is 0 Å². The average molecular weight is 414 g/mol. The molecule has 0 spiro atoms. The summed E-state index contributed by atoms with van der Waals surface area (Å²) in [5.41, 5.74) is 0.213. The van der Waals surface area contributed by atoms with E-state index in [1.54, 1.807) is 0 Å². The number of rotatable bonds is 13. The topological polar surface area (TPSA) is 88.1 Å². The Kier molecular flexibility index (Phi) is 11.0. The lowest BCUT2D eigenvalue weighted by Gasteiger charge is -2.19. The second kappa shape index (κ2) is 12.7. The van der Waals surface area contributed by atoms with Crippen LogP contribution in [-0.2, 0) is 23.1 Å². The molecule has 0 aliphatic rings. The number of carbonyl (C=O) groups excluding carboxylic acids is 2. The Bertz CT molecular complexity index is 637. The zero-order valence-electron chi connectivity index (χ0n) is 17.2. The number of esters is 2. The van der Waals surface area contributed by atoms with E-state index in [4.69, 9.17) is 18.5 Å². The fraction of sp³-hybridized carbons (Fsp3) is 0.600. The molecule has 28 heavy (non-hydrogen) atoms. The molecule has 8 heteroatoms. The van der Waals surface area contributed by atoms with Crippen LogP contribution in [0, 0.1) is 0 Å². The van der Waals surface area contributed by atoms with Crippen molar-refractivity contribution in [1.29, 1.82) is 0 Å². The summed E-state index contributed by atoms with van der Waals surface area (Å²) in [4.78, 5) is 24.7. The van der Waals surface area contributed by atoms with Crippen molar-refractivity contribution in [1.82, 2.24) is 0 Å². The molecule has 0 atom stereocenters. The van der Waals surface area contributed by atoms with Gasteiger partial charge in [0.15, 0.2) is 0 Å². The molecule has 1 rings (SSSR count). The van der Waals surface area contributed by atoms with Gasteiger partial charge in [0.05, 0.1) is 42.9 Å². The first kappa shape index (κ1) is 24.3. The van der Waals surface area contributed by atoms with E-state index in [1.165, 1.54) is 18.2 Å². The molecular formula is C20H31O7P. The summed E-state index contributed by atoms with van der Waals surface area (Å²) in [5, 5.41) is 0.142. The van der Waals surface area contributed by atoms with Crippen LogP contribution in [0.5, 0.6) is 0 Å². The number of hydrogen-bond donors (Lipinski definition) is 0. The fourth-order valence-corrected chi connectivity index (χ4v) is 3.98. The van der Waals surface area contributed by atoms with Crippen LogP contribution >= 0.6 is 7.60 Å². The molecule has 0 N–H and O–H groups in total. The Morgan fingerprint density at radius 2 is 1.11 bits per heavy atom. The third-order valence-electron chi connectivity index (χ3n) is 3.51. The standard InChI is InChI=1S/C20H31O7P/c1-5-9-24-19(21)16-13-17(20(22)25-10-6-2)15-18(14-16)28(23,26-11-7-3)27-12-8-4/h13-15H,5-12H2,1-4H3. The smallest absolute Gasteiger partial charge is 0.361 e. The lowest BCUT2D eigenvalue weighted by atomic mass is 10.1. The van der Waals surface area contributed by atoms with Crippen molar-refractivity contribution in [2.75, 3.05) is 26.4 Å². The molecule has 1 aromatic carbocycles. The molecule has 0 radical (unpaired) electrons. The van der Waals surface area contributed by atoms with Gasteiger partial charge in [-0.3, -0.25) is 4.57 Å². The van der Waals surface area contributed by atoms with Crippen molar-refractivity contribution in [2.45, 2.75) is 53.4 Å². The second-order valence-electron chi connectivity index (χ2n) is 6.20. The summed E-state index contributed by atoms with van der Waals surface area (Å²) in [6.45, 7) is 8.46. The summed E-state index contributed by atoms with van der Waals surface area (Å²) in [6, 6.07) is 4.19. The average Bonchev–Trinajstić information content (AvgIpc) is 2.72. The Hall–Kier alpha value is -1.69. The monoisotopic (exact) mass is 414 g/mol. The normalized spacial score (nSPS) is 11.3. The molecule has 0 aliphatic heterocycles. The number of hydrogen-bond acceptors (Lipinski definition) is 7. The Morgan fingerprint density at radius 3 is 1.46 bits per heavy atom. The van der Waals surface area contributed by atoms with Crippen molar-refractivity contribution in [3.63, 3.8) is 0 Å². The maximum absolute atomic E-state index is 13.4. The molecule has 0 heterocycles. The number of carbonyl (C=O) groups is 2. The third kappa shape index (κ3) is 7.38. The first-order chi connectivity index (χ1) is 13.4. The Labute approximate surface area is 167 Å². The van der Waals surface area contributed by atoms with E-state index in [0.29, 0.717) is 25.7 Å². The van der Waals surface area contributed by atoms with Crippen LogP contribution < -0.4 is 5.30 Å². The van der Waals surface area contributed by atoms with E-state index in [1.807, 2.05) is 27.7 Å². The van der Waals surface area contributed by atoms with Crippen molar-refractivity contribution in [3.05, 3.63) is 29.3 Å². The predicted octanol–water partition coefficient (Wildman–Crippen LogP) is 4.49. The first-order valence-electron chi connectivity index (χ1n) is 9.80. The van der Waals surface area contributed by atoms with E-state index in [0.717, 1.165) is 0 Å². The van der Waals surface area contributed by atoms with Crippen LogP contribution in [-0.4, -0.2) is 38.4 Å². The van der Waals surface area contributed by atoms with Crippen LogP contribution in [0.1, 0.15) is 74.1 Å². The number of ether oxygens (including phenoxy) is 2. The largest absolute Gasteiger partial charge is 0.462 e. The minimum atomic E-state index is -3.71. The van der Waals surface area contributed by atoms with E-state index >= 15 is 0 Å². The zero-order valence-corrected chi connectivity index (χ0v) is 18.1. The molecular weight excluding hydrogens is 383 g/mol. The first-order valence-corrected chi connectivity index (χ1v) is 11.3. The molecule has 0 aliphatic carbocycles. The summed E-state index contributed by atoms with van der Waals surface area (Å²) in [6.07, 6.45) is 2.61. The summed E-state index contributed by atoms with van der Waals surface area (Å²) < 4.78 is 34.7. The van der Waals surface area contributed by atoms with E-state index in [-0.39, 0.29) is 42.9 Å². The van der Waals surface area contributed by atoms with Gasteiger partial charge < -0.3 is 18.5 Å². The van der Waals surface area contributed by atoms with Gasteiger partial charge in [0, 0.05) is 0 Å². The van der Waals surface area contributed by atoms with Gasteiger partial charge in [0.25, 0.3) is 0 Å².